The summed E-state index contributed by atoms with van der Waals surface area (Å²) in [5.74, 6) is 5.09. The van der Waals surface area contributed by atoms with Gasteiger partial charge < -0.3 is 37.7 Å². The summed E-state index contributed by atoms with van der Waals surface area (Å²) >= 11 is 0. The van der Waals surface area contributed by atoms with Crippen LogP contribution in [0.4, 0.5) is 0 Å². The first-order chi connectivity index (χ1) is 21.0. The van der Waals surface area contributed by atoms with Crippen LogP contribution in [-0.2, 0) is 0 Å². The van der Waals surface area contributed by atoms with Crippen LogP contribution in [0.2, 0.25) is 0 Å². The summed E-state index contributed by atoms with van der Waals surface area (Å²) in [7, 11) is 8.02. The summed E-state index contributed by atoms with van der Waals surface area (Å²) in [6.07, 6.45) is 5.19. The Kier molecular flexibility index (Phi) is 11.4. The maximum absolute atomic E-state index is 6.12. The average molecular weight is 592 g/mol. The molecule has 4 aromatic rings. The van der Waals surface area contributed by atoms with E-state index in [2.05, 4.69) is 5.16 Å². The number of hydrogen-bond donors (Lipinski definition) is 0. The molecule has 0 atom stereocenters. The summed E-state index contributed by atoms with van der Waals surface area (Å²) in [5, 5.41) is 4.27. The average Bonchev–Trinajstić information content (AvgIpc) is 3.53. The molecule has 0 aliphatic rings. The first kappa shape index (κ1) is 31.4. The Hall–Kier alpha value is -4.53. The molecule has 0 bridgehead atoms. The number of ether oxygens (including phenoxy) is 7. The Balaban J connectivity index is 1.28. The summed E-state index contributed by atoms with van der Waals surface area (Å²) in [6.45, 7) is 3.30. The lowest BCUT2D eigenvalue weighted by molar-refractivity contribution is 0.276. The summed E-state index contributed by atoms with van der Waals surface area (Å²) < 4.78 is 45.0. The minimum atomic E-state index is 0.516. The van der Waals surface area contributed by atoms with Gasteiger partial charge in [0, 0.05) is 17.2 Å². The van der Waals surface area contributed by atoms with Crippen molar-refractivity contribution in [1.82, 2.24) is 5.16 Å². The first-order valence-corrected chi connectivity index (χ1v) is 14.4. The van der Waals surface area contributed by atoms with Crippen LogP contribution >= 0.6 is 0 Å². The fourth-order valence-electron chi connectivity index (χ4n) is 4.71. The Morgan fingerprint density at radius 3 is 1.65 bits per heavy atom. The first-order valence-electron chi connectivity index (χ1n) is 14.4. The molecule has 0 aliphatic heterocycles. The van der Waals surface area contributed by atoms with Crippen molar-refractivity contribution in [2.45, 2.75) is 39.0 Å². The standard InChI is InChI=1S/C34H41NO8/c1-23-12-14-27(36-2)30(18-23)41-16-10-8-7-9-11-17-42-31-19-24(13-15-28(31)37-3)29-22-26(35-43-29)25-20-32(38-4)34(40-6)33(21-25)39-5/h12-15,18-22H,7-11,16-17H2,1-6H3. The van der Waals surface area contributed by atoms with Crippen molar-refractivity contribution >= 4 is 0 Å². The second kappa shape index (κ2) is 15.6. The number of rotatable bonds is 17. The molecule has 3 aromatic carbocycles. The lowest BCUT2D eigenvalue weighted by Crippen LogP contribution is -2.01. The Morgan fingerprint density at radius 2 is 1.07 bits per heavy atom. The second-order valence-electron chi connectivity index (χ2n) is 9.98. The van der Waals surface area contributed by atoms with E-state index in [9.17, 15) is 0 Å². The Bertz CT molecular complexity index is 1440. The van der Waals surface area contributed by atoms with Gasteiger partial charge in [-0.3, -0.25) is 0 Å². The van der Waals surface area contributed by atoms with Gasteiger partial charge in [0.05, 0.1) is 48.8 Å². The molecular formula is C34H41NO8. The Labute approximate surface area is 253 Å². The molecule has 230 valence electrons. The van der Waals surface area contributed by atoms with E-state index in [1.54, 1.807) is 35.5 Å². The van der Waals surface area contributed by atoms with E-state index in [1.165, 1.54) is 0 Å². The van der Waals surface area contributed by atoms with Crippen LogP contribution in [0.25, 0.3) is 22.6 Å². The van der Waals surface area contributed by atoms with Gasteiger partial charge >= 0.3 is 0 Å². The summed E-state index contributed by atoms with van der Waals surface area (Å²) in [5.41, 5.74) is 3.39. The van der Waals surface area contributed by atoms with Crippen molar-refractivity contribution in [1.29, 1.82) is 0 Å². The smallest absolute Gasteiger partial charge is 0.203 e. The molecule has 0 amide bonds. The van der Waals surface area contributed by atoms with E-state index in [0.717, 1.165) is 60.3 Å². The lowest BCUT2D eigenvalue weighted by atomic mass is 10.1. The number of unbranched alkanes of at least 4 members (excludes halogenated alkanes) is 4. The van der Waals surface area contributed by atoms with Crippen molar-refractivity contribution in [2.24, 2.45) is 0 Å². The fourth-order valence-corrected chi connectivity index (χ4v) is 4.71. The molecule has 0 unspecified atom stereocenters. The Morgan fingerprint density at radius 1 is 0.535 bits per heavy atom. The van der Waals surface area contributed by atoms with E-state index >= 15 is 0 Å². The SMILES string of the molecule is COc1ccc(C)cc1OCCCCCCCOc1cc(-c2cc(-c3cc(OC)c(OC)c(OC)c3)no2)ccc1OC. The second-order valence-corrected chi connectivity index (χ2v) is 9.98. The van der Waals surface area contributed by atoms with Crippen molar-refractivity contribution in [2.75, 3.05) is 48.8 Å². The van der Waals surface area contributed by atoms with E-state index in [-0.39, 0.29) is 0 Å². The van der Waals surface area contributed by atoms with Crippen LogP contribution in [0, 0.1) is 6.92 Å². The van der Waals surface area contributed by atoms with Crippen LogP contribution in [-0.4, -0.2) is 53.9 Å². The molecular weight excluding hydrogens is 550 g/mol. The van der Waals surface area contributed by atoms with Crippen molar-refractivity contribution < 1.29 is 37.7 Å². The monoisotopic (exact) mass is 591 g/mol. The number of aromatic nitrogens is 1. The molecule has 9 heteroatoms. The van der Waals surface area contributed by atoms with Gasteiger partial charge in [-0.2, -0.15) is 0 Å². The zero-order chi connectivity index (χ0) is 30.6. The predicted molar refractivity (Wildman–Crippen MR) is 165 cm³/mol. The van der Waals surface area contributed by atoms with Gasteiger partial charge in [-0.05, 0) is 67.8 Å². The maximum atomic E-state index is 6.12. The lowest BCUT2D eigenvalue weighted by Gasteiger charge is -2.13. The largest absolute Gasteiger partial charge is 0.493 e. The molecule has 9 nitrogen and oxygen atoms in total. The van der Waals surface area contributed by atoms with Crippen LogP contribution in [0.5, 0.6) is 40.2 Å². The third-order valence-electron chi connectivity index (χ3n) is 7.04. The van der Waals surface area contributed by atoms with Gasteiger partial charge in [0.2, 0.25) is 5.75 Å². The molecule has 0 radical (unpaired) electrons. The normalized spacial score (nSPS) is 10.7. The van der Waals surface area contributed by atoms with Gasteiger partial charge in [-0.15, -0.1) is 0 Å². The zero-order valence-electron chi connectivity index (χ0n) is 25.9. The van der Waals surface area contributed by atoms with Crippen molar-refractivity contribution in [3.8, 4) is 62.8 Å². The van der Waals surface area contributed by atoms with Crippen LogP contribution < -0.4 is 33.2 Å². The van der Waals surface area contributed by atoms with Gasteiger partial charge in [-0.25, -0.2) is 0 Å². The minimum absolute atomic E-state index is 0.516. The minimum Gasteiger partial charge on any atom is -0.493 e. The van der Waals surface area contributed by atoms with Crippen molar-refractivity contribution in [3.63, 3.8) is 0 Å². The highest BCUT2D eigenvalue weighted by Gasteiger charge is 2.18. The summed E-state index contributed by atoms with van der Waals surface area (Å²) in [4.78, 5) is 0. The summed E-state index contributed by atoms with van der Waals surface area (Å²) in [6, 6.07) is 17.2. The number of benzene rings is 3. The van der Waals surface area contributed by atoms with Gasteiger partial charge in [0.15, 0.2) is 40.3 Å². The van der Waals surface area contributed by atoms with Crippen molar-refractivity contribution in [3.05, 3.63) is 60.2 Å². The highest BCUT2D eigenvalue weighted by molar-refractivity contribution is 5.72. The molecule has 0 fully saturated rings. The van der Waals surface area contributed by atoms with Gasteiger partial charge in [-0.1, -0.05) is 30.5 Å². The number of hydrogen-bond acceptors (Lipinski definition) is 9. The topological polar surface area (TPSA) is 90.6 Å². The zero-order valence-corrected chi connectivity index (χ0v) is 25.9. The third kappa shape index (κ3) is 8.06. The van der Waals surface area contributed by atoms with Gasteiger partial charge in [0.1, 0.15) is 5.69 Å². The van der Waals surface area contributed by atoms with Crippen LogP contribution in [0.3, 0.4) is 0 Å². The fraction of sp³-hybridized carbons (Fsp3) is 0.382. The van der Waals surface area contributed by atoms with Gasteiger partial charge in [0.25, 0.3) is 0 Å². The van der Waals surface area contributed by atoms with E-state index < -0.39 is 0 Å². The molecule has 0 spiro atoms. The van der Waals surface area contributed by atoms with E-state index in [4.69, 9.17) is 37.7 Å². The number of methoxy groups -OCH3 is 5. The van der Waals surface area contributed by atoms with E-state index in [1.807, 2.05) is 61.5 Å². The molecule has 4 rings (SSSR count). The highest BCUT2D eigenvalue weighted by Crippen LogP contribution is 2.42. The molecule has 0 saturated carbocycles. The number of nitrogens with zero attached hydrogens (tertiary/aromatic N) is 1. The molecule has 0 aliphatic carbocycles. The molecule has 43 heavy (non-hydrogen) atoms. The van der Waals surface area contributed by atoms with Crippen LogP contribution in [0.15, 0.2) is 59.1 Å². The maximum Gasteiger partial charge on any atom is 0.203 e. The molecule has 0 saturated heterocycles. The predicted octanol–water partition coefficient (Wildman–Crippen LogP) is 7.77. The van der Waals surface area contributed by atoms with Crippen LogP contribution in [0.1, 0.15) is 37.7 Å². The molecule has 1 heterocycles. The quantitative estimate of drug-likeness (QED) is 0.114. The number of aryl methyl sites for hydroxylation is 1. The van der Waals surface area contributed by atoms with E-state index in [0.29, 0.717) is 53.4 Å². The highest BCUT2D eigenvalue weighted by atomic mass is 16.5. The molecule has 0 N–H and O–H groups in total. The molecule has 1 aromatic heterocycles. The third-order valence-corrected chi connectivity index (χ3v) is 7.04.